The summed E-state index contributed by atoms with van der Waals surface area (Å²) in [7, 11) is -3.53. The van der Waals surface area contributed by atoms with Gasteiger partial charge in [-0.3, -0.25) is 4.98 Å². The first-order valence-electron chi connectivity index (χ1n) is 7.62. The quantitative estimate of drug-likeness (QED) is 0.877. The molecule has 1 aliphatic rings. The largest absolute Gasteiger partial charge is 0.384 e. The molecule has 0 amide bonds. The second-order valence-electron chi connectivity index (χ2n) is 6.14. The molecule has 0 aromatic carbocycles. The van der Waals surface area contributed by atoms with Crippen molar-refractivity contribution in [2.75, 3.05) is 11.9 Å². The first-order chi connectivity index (χ1) is 9.92. The Bertz CT molecular complexity index is 564. The maximum absolute atomic E-state index is 12.6. The summed E-state index contributed by atoms with van der Waals surface area (Å²) in [6.07, 6.45) is 5.99. The number of anilines is 1. The van der Waals surface area contributed by atoms with Crippen molar-refractivity contribution in [3.8, 4) is 0 Å². The van der Waals surface area contributed by atoms with Crippen LogP contribution in [0.15, 0.2) is 23.4 Å². The van der Waals surface area contributed by atoms with Crippen LogP contribution in [0.25, 0.3) is 0 Å². The van der Waals surface area contributed by atoms with Gasteiger partial charge in [-0.15, -0.1) is 0 Å². The van der Waals surface area contributed by atoms with Gasteiger partial charge in [0.15, 0.2) is 0 Å². The van der Waals surface area contributed by atoms with Crippen molar-refractivity contribution in [3.63, 3.8) is 0 Å². The molecule has 6 heteroatoms. The van der Waals surface area contributed by atoms with Crippen LogP contribution in [0, 0.1) is 11.8 Å². The van der Waals surface area contributed by atoms with Crippen molar-refractivity contribution in [1.82, 2.24) is 9.71 Å². The lowest BCUT2D eigenvalue weighted by molar-refractivity contribution is 0.257. The van der Waals surface area contributed by atoms with Gasteiger partial charge in [-0.1, -0.05) is 13.8 Å². The molecular weight excluding hydrogens is 286 g/mol. The molecule has 118 valence electrons. The fraction of sp³-hybridized carbons (Fsp3) is 0.667. The van der Waals surface area contributed by atoms with E-state index in [9.17, 15) is 8.42 Å². The minimum absolute atomic E-state index is 0.0171. The third-order valence-corrected chi connectivity index (χ3v) is 5.49. The number of nitrogens with one attached hydrogen (secondary N) is 2. The molecule has 2 unspecified atom stereocenters. The molecule has 21 heavy (non-hydrogen) atoms. The van der Waals surface area contributed by atoms with Crippen molar-refractivity contribution >= 4 is 15.7 Å². The van der Waals surface area contributed by atoms with Crippen molar-refractivity contribution in [2.24, 2.45) is 11.8 Å². The molecule has 1 aromatic heterocycles. The number of nitrogens with zero attached hydrogens (tertiary/aromatic N) is 1. The molecule has 0 radical (unpaired) electrons. The zero-order chi connectivity index (χ0) is 15.5. The van der Waals surface area contributed by atoms with E-state index in [1.807, 2.05) is 6.92 Å². The van der Waals surface area contributed by atoms with Crippen LogP contribution in [0.4, 0.5) is 5.69 Å². The van der Waals surface area contributed by atoms with Gasteiger partial charge in [0.25, 0.3) is 0 Å². The topological polar surface area (TPSA) is 71.1 Å². The molecule has 5 nitrogen and oxygen atoms in total. The number of hydrogen-bond donors (Lipinski definition) is 2. The number of pyridine rings is 1. The van der Waals surface area contributed by atoms with E-state index in [2.05, 4.69) is 28.9 Å². The Balaban J connectivity index is 2.18. The van der Waals surface area contributed by atoms with Crippen LogP contribution < -0.4 is 10.0 Å². The van der Waals surface area contributed by atoms with Gasteiger partial charge >= 0.3 is 0 Å². The fourth-order valence-electron chi connectivity index (χ4n) is 3.26. The molecule has 1 saturated carbocycles. The summed E-state index contributed by atoms with van der Waals surface area (Å²) in [5, 5.41) is 3.08. The van der Waals surface area contributed by atoms with Crippen LogP contribution in [-0.2, 0) is 10.0 Å². The smallest absolute Gasteiger partial charge is 0.244 e. The first kappa shape index (κ1) is 16.2. The van der Waals surface area contributed by atoms with E-state index in [4.69, 9.17) is 0 Å². The molecule has 1 aliphatic carbocycles. The predicted molar refractivity (Wildman–Crippen MR) is 84.7 cm³/mol. The van der Waals surface area contributed by atoms with Crippen LogP contribution in [0.5, 0.6) is 0 Å². The monoisotopic (exact) mass is 311 g/mol. The summed E-state index contributed by atoms with van der Waals surface area (Å²) >= 11 is 0. The van der Waals surface area contributed by atoms with Gasteiger partial charge in [0.1, 0.15) is 4.90 Å². The molecular formula is C15H25N3O2S. The Morgan fingerprint density at radius 2 is 1.90 bits per heavy atom. The molecule has 0 aliphatic heterocycles. The average molecular weight is 311 g/mol. The summed E-state index contributed by atoms with van der Waals surface area (Å²) < 4.78 is 28.1. The zero-order valence-corrected chi connectivity index (χ0v) is 13.8. The SMILES string of the molecule is CCNc1ccncc1S(=O)(=O)NC1CC(C)CC(C)C1. The van der Waals surface area contributed by atoms with Gasteiger partial charge in [0.05, 0.1) is 5.69 Å². The molecule has 0 bridgehead atoms. The number of rotatable bonds is 5. The van der Waals surface area contributed by atoms with Crippen molar-refractivity contribution in [1.29, 1.82) is 0 Å². The molecule has 1 fully saturated rings. The summed E-state index contributed by atoms with van der Waals surface area (Å²) in [5.41, 5.74) is 0.608. The second-order valence-corrected chi connectivity index (χ2v) is 7.82. The van der Waals surface area contributed by atoms with Gasteiger partial charge in [0.2, 0.25) is 10.0 Å². The lowest BCUT2D eigenvalue weighted by atomic mass is 9.81. The van der Waals surface area contributed by atoms with E-state index in [1.54, 1.807) is 12.3 Å². The minimum Gasteiger partial charge on any atom is -0.384 e. The Morgan fingerprint density at radius 1 is 1.24 bits per heavy atom. The molecule has 0 saturated heterocycles. The van der Waals surface area contributed by atoms with E-state index < -0.39 is 10.0 Å². The van der Waals surface area contributed by atoms with Gasteiger partial charge in [-0.2, -0.15) is 0 Å². The zero-order valence-electron chi connectivity index (χ0n) is 13.0. The van der Waals surface area contributed by atoms with E-state index in [-0.39, 0.29) is 10.9 Å². The summed E-state index contributed by atoms with van der Waals surface area (Å²) in [4.78, 5) is 4.19. The molecule has 1 aromatic rings. The summed E-state index contributed by atoms with van der Waals surface area (Å²) in [5.74, 6) is 1.12. The second kappa shape index (κ2) is 6.75. The van der Waals surface area contributed by atoms with Gasteiger partial charge < -0.3 is 5.32 Å². The minimum atomic E-state index is -3.53. The standard InChI is InChI=1S/C15H25N3O2S/c1-4-17-14-5-6-16-10-15(14)21(19,20)18-13-8-11(2)7-12(3)9-13/h5-6,10-13,18H,4,7-9H2,1-3H3,(H,16,17). The fourth-order valence-corrected chi connectivity index (χ4v) is 4.64. The Kier molecular flexibility index (Phi) is 5.22. The van der Waals surface area contributed by atoms with Gasteiger partial charge in [-0.05, 0) is 44.1 Å². The molecule has 2 atom stereocenters. The molecule has 2 rings (SSSR count). The third kappa shape index (κ3) is 4.17. The third-order valence-electron chi connectivity index (χ3n) is 3.94. The molecule has 1 heterocycles. The highest BCUT2D eigenvalue weighted by molar-refractivity contribution is 7.89. The number of hydrogen-bond acceptors (Lipinski definition) is 4. The predicted octanol–water partition coefficient (Wildman–Crippen LogP) is 2.62. The number of aromatic nitrogens is 1. The van der Waals surface area contributed by atoms with Crippen LogP contribution in [0.3, 0.4) is 0 Å². The lowest BCUT2D eigenvalue weighted by Crippen LogP contribution is -2.40. The normalized spacial score (nSPS) is 26.5. The molecule has 0 spiro atoms. The Labute approximate surface area is 127 Å². The van der Waals surface area contributed by atoms with E-state index in [1.165, 1.54) is 12.6 Å². The van der Waals surface area contributed by atoms with Crippen LogP contribution in [0.2, 0.25) is 0 Å². The Morgan fingerprint density at radius 3 is 2.52 bits per heavy atom. The van der Waals surface area contributed by atoms with E-state index in [0.717, 1.165) is 12.8 Å². The van der Waals surface area contributed by atoms with Crippen molar-refractivity contribution in [2.45, 2.75) is 51.0 Å². The van der Waals surface area contributed by atoms with Crippen molar-refractivity contribution < 1.29 is 8.42 Å². The van der Waals surface area contributed by atoms with Gasteiger partial charge in [0, 0.05) is 25.0 Å². The van der Waals surface area contributed by atoms with Crippen LogP contribution >= 0.6 is 0 Å². The summed E-state index contributed by atoms with van der Waals surface area (Å²) in [6.45, 7) is 6.98. The van der Waals surface area contributed by atoms with E-state index in [0.29, 0.717) is 24.1 Å². The number of sulfonamides is 1. The van der Waals surface area contributed by atoms with Crippen molar-refractivity contribution in [3.05, 3.63) is 18.5 Å². The highest BCUT2D eigenvalue weighted by atomic mass is 32.2. The molecule has 2 N–H and O–H groups in total. The average Bonchev–Trinajstić information content (AvgIpc) is 2.37. The first-order valence-corrected chi connectivity index (χ1v) is 9.11. The lowest BCUT2D eigenvalue weighted by Gasteiger charge is -2.31. The highest BCUT2D eigenvalue weighted by Crippen LogP contribution is 2.30. The Hall–Kier alpha value is -1.14. The van der Waals surface area contributed by atoms with Gasteiger partial charge in [-0.25, -0.2) is 13.1 Å². The highest BCUT2D eigenvalue weighted by Gasteiger charge is 2.29. The summed E-state index contributed by atoms with van der Waals surface area (Å²) in [6, 6.07) is 1.72. The maximum atomic E-state index is 12.6. The van der Waals surface area contributed by atoms with Crippen LogP contribution in [-0.4, -0.2) is 26.0 Å². The van der Waals surface area contributed by atoms with Crippen LogP contribution in [0.1, 0.15) is 40.0 Å². The van der Waals surface area contributed by atoms with E-state index >= 15 is 0 Å². The maximum Gasteiger partial charge on any atom is 0.244 e.